The molecule has 0 saturated heterocycles. The third-order valence-electron chi connectivity index (χ3n) is 2.26. The van der Waals surface area contributed by atoms with Crippen molar-refractivity contribution >= 4 is 10.0 Å². The van der Waals surface area contributed by atoms with Crippen LogP contribution in [-0.2, 0) is 16.6 Å². The first-order chi connectivity index (χ1) is 7.94. The fourth-order valence-electron chi connectivity index (χ4n) is 1.31. The molecule has 0 bridgehead atoms. The van der Waals surface area contributed by atoms with Crippen molar-refractivity contribution in [3.8, 4) is 0 Å². The number of hydrogen-bond acceptors (Lipinski definition) is 3. The van der Waals surface area contributed by atoms with Crippen molar-refractivity contribution in [1.29, 1.82) is 0 Å². The molecule has 0 amide bonds. The maximum absolute atomic E-state index is 13.8. The fourth-order valence-corrected chi connectivity index (χ4v) is 2.13. The molecule has 96 valence electrons. The average molecular weight is 264 g/mol. The molecular weight excluding hydrogens is 250 g/mol. The molecule has 0 radical (unpaired) electrons. The van der Waals surface area contributed by atoms with E-state index >= 15 is 0 Å². The third-order valence-corrected chi connectivity index (χ3v) is 3.69. The lowest BCUT2D eigenvalue weighted by Gasteiger charge is -2.10. The molecule has 1 rings (SSSR count). The lowest BCUT2D eigenvalue weighted by Crippen LogP contribution is -2.22. The predicted octanol–water partition coefficient (Wildman–Crippen LogP) is 0.982. The summed E-state index contributed by atoms with van der Waals surface area (Å²) in [5.74, 6) is -1.82. The largest absolute Gasteiger partial charge is 0.313 e. The van der Waals surface area contributed by atoms with Gasteiger partial charge in [-0.25, -0.2) is 21.9 Å². The van der Waals surface area contributed by atoms with Crippen molar-refractivity contribution in [2.75, 3.05) is 13.6 Å². The average Bonchev–Trinajstić information content (AvgIpc) is 2.28. The number of rotatable bonds is 5. The van der Waals surface area contributed by atoms with E-state index in [0.717, 1.165) is 12.1 Å². The first-order valence-electron chi connectivity index (χ1n) is 5.05. The minimum atomic E-state index is -3.91. The monoisotopic (exact) mass is 264 g/mol. The SMILES string of the molecule is CCNCc1c(F)ccc(S(=O)(=O)NC)c1F. The van der Waals surface area contributed by atoms with E-state index in [1.807, 2.05) is 4.72 Å². The van der Waals surface area contributed by atoms with Gasteiger partial charge in [-0.05, 0) is 25.7 Å². The smallest absolute Gasteiger partial charge is 0.243 e. The summed E-state index contributed by atoms with van der Waals surface area (Å²) in [5.41, 5.74) is -0.275. The summed E-state index contributed by atoms with van der Waals surface area (Å²) in [6.07, 6.45) is 0. The van der Waals surface area contributed by atoms with Crippen LogP contribution in [0.15, 0.2) is 17.0 Å². The predicted molar refractivity (Wildman–Crippen MR) is 60.0 cm³/mol. The van der Waals surface area contributed by atoms with Crippen LogP contribution >= 0.6 is 0 Å². The summed E-state index contributed by atoms with van der Waals surface area (Å²) in [5, 5.41) is 2.75. The molecule has 17 heavy (non-hydrogen) atoms. The van der Waals surface area contributed by atoms with Gasteiger partial charge in [-0.2, -0.15) is 0 Å². The van der Waals surface area contributed by atoms with Gasteiger partial charge in [-0.15, -0.1) is 0 Å². The first kappa shape index (κ1) is 14.0. The lowest BCUT2D eigenvalue weighted by atomic mass is 10.2. The van der Waals surface area contributed by atoms with Gasteiger partial charge >= 0.3 is 0 Å². The van der Waals surface area contributed by atoms with Crippen LogP contribution in [0.3, 0.4) is 0 Å². The van der Waals surface area contributed by atoms with Crippen molar-refractivity contribution in [2.45, 2.75) is 18.4 Å². The Morgan fingerprint density at radius 1 is 1.29 bits per heavy atom. The number of halogens is 2. The second kappa shape index (κ2) is 5.52. The standard InChI is InChI=1S/C10H14F2N2O2S/c1-3-14-6-7-8(11)4-5-9(10(7)12)17(15,16)13-2/h4-5,13-14H,3,6H2,1-2H3. The highest BCUT2D eigenvalue weighted by atomic mass is 32.2. The Morgan fingerprint density at radius 2 is 1.94 bits per heavy atom. The Hall–Kier alpha value is -1.05. The van der Waals surface area contributed by atoms with E-state index in [1.165, 1.54) is 7.05 Å². The van der Waals surface area contributed by atoms with Crippen molar-refractivity contribution in [2.24, 2.45) is 0 Å². The molecule has 0 aliphatic carbocycles. The Kier molecular flexibility index (Phi) is 4.55. The molecule has 4 nitrogen and oxygen atoms in total. The van der Waals surface area contributed by atoms with Gasteiger partial charge in [0.05, 0.1) is 0 Å². The molecule has 0 atom stereocenters. The first-order valence-corrected chi connectivity index (χ1v) is 6.53. The van der Waals surface area contributed by atoms with E-state index in [0.29, 0.717) is 6.54 Å². The highest BCUT2D eigenvalue weighted by molar-refractivity contribution is 7.89. The van der Waals surface area contributed by atoms with Crippen LogP contribution in [0.1, 0.15) is 12.5 Å². The van der Waals surface area contributed by atoms with Gasteiger partial charge < -0.3 is 5.32 Å². The number of sulfonamides is 1. The van der Waals surface area contributed by atoms with Gasteiger partial charge in [-0.1, -0.05) is 6.92 Å². The van der Waals surface area contributed by atoms with Gasteiger partial charge in [0.15, 0.2) is 5.82 Å². The van der Waals surface area contributed by atoms with Gasteiger partial charge in [-0.3, -0.25) is 0 Å². The molecular formula is C10H14F2N2O2S. The Morgan fingerprint density at radius 3 is 2.47 bits per heavy atom. The minimum Gasteiger partial charge on any atom is -0.313 e. The topological polar surface area (TPSA) is 58.2 Å². The highest BCUT2D eigenvalue weighted by Gasteiger charge is 2.21. The summed E-state index contributed by atoms with van der Waals surface area (Å²) < 4.78 is 52.1. The third kappa shape index (κ3) is 2.99. The molecule has 0 aromatic heterocycles. The van der Waals surface area contributed by atoms with E-state index in [4.69, 9.17) is 0 Å². The van der Waals surface area contributed by atoms with Gasteiger partial charge in [0, 0.05) is 12.1 Å². The van der Waals surface area contributed by atoms with E-state index in [2.05, 4.69) is 5.32 Å². The van der Waals surface area contributed by atoms with Gasteiger partial charge in [0.1, 0.15) is 10.7 Å². The maximum Gasteiger partial charge on any atom is 0.243 e. The highest BCUT2D eigenvalue weighted by Crippen LogP contribution is 2.20. The molecule has 0 fully saturated rings. The molecule has 0 unspecified atom stereocenters. The van der Waals surface area contributed by atoms with Crippen LogP contribution in [0.2, 0.25) is 0 Å². The zero-order chi connectivity index (χ0) is 13.1. The van der Waals surface area contributed by atoms with E-state index in [-0.39, 0.29) is 12.1 Å². The normalized spacial score (nSPS) is 11.8. The Bertz CT molecular complexity index is 503. The molecule has 1 aromatic carbocycles. The second-order valence-electron chi connectivity index (χ2n) is 3.33. The summed E-state index contributed by atoms with van der Waals surface area (Å²) in [6, 6.07) is 1.85. The van der Waals surface area contributed by atoms with E-state index in [9.17, 15) is 17.2 Å². The maximum atomic E-state index is 13.8. The van der Waals surface area contributed by atoms with Crippen molar-refractivity contribution in [1.82, 2.24) is 10.0 Å². The molecule has 0 spiro atoms. The van der Waals surface area contributed by atoms with Crippen molar-refractivity contribution < 1.29 is 17.2 Å². The number of benzene rings is 1. The lowest BCUT2D eigenvalue weighted by molar-refractivity contribution is 0.515. The number of nitrogens with one attached hydrogen (secondary N) is 2. The van der Waals surface area contributed by atoms with E-state index < -0.39 is 26.6 Å². The van der Waals surface area contributed by atoms with Crippen LogP contribution in [-0.4, -0.2) is 22.0 Å². The van der Waals surface area contributed by atoms with Gasteiger partial charge in [0.25, 0.3) is 0 Å². The van der Waals surface area contributed by atoms with Crippen molar-refractivity contribution in [3.63, 3.8) is 0 Å². The minimum absolute atomic E-state index is 0.0543. The molecule has 7 heteroatoms. The van der Waals surface area contributed by atoms with Crippen LogP contribution in [0.25, 0.3) is 0 Å². The van der Waals surface area contributed by atoms with E-state index in [1.54, 1.807) is 6.92 Å². The zero-order valence-corrected chi connectivity index (χ0v) is 10.4. The van der Waals surface area contributed by atoms with Crippen molar-refractivity contribution in [3.05, 3.63) is 29.3 Å². The molecule has 0 aliphatic rings. The number of hydrogen-bond donors (Lipinski definition) is 2. The summed E-state index contributed by atoms with van der Waals surface area (Å²) >= 11 is 0. The molecule has 0 heterocycles. The summed E-state index contributed by atoms with van der Waals surface area (Å²) in [4.78, 5) is -0.547. The van der Waals surface area contributed by atoms with Crippen LogP contribution in [0.4, 0.5) is 8.78 Å². The van der Waals surface area contributed by atoms with Crippen LogP contribution in [0, 0.1) is 11.6 Å². The van der Waals surface area contributed by atoms with Crippen LogP contribution in [0.5, 0.6) is 0 Å². The summed E-state index contributed by atoms with van der Waals surface area (Å²) in [7, 11) is -2.74. The molecule has 2 N–H and O–H groups in total. The fraction of sp³-hybridized carbons (Fsp3) is 0.400. The second-order valence-corrected chi connectivity index (χ2v) is 5.18. The Labute approximate surface area is 99.1 Å². The summed E-state index contributed by atoms with van der Waals surface area (Å²) in [6.45, 7) is 2.26. The molecule has 0 aliphatic heterocycles. The molecule has 1 aromatic rings. The zero-order valence-electron chi connectivity index (χ0n) is 9.55. The molecule has 0 saturated carbocycles. The van der Waals surface area contributed by atoms with Gasteiger partial charge in [0.2, 0.25) is 10.0 Å². The Balaban J connectivity index is 3.28. The quantitative estimate of drug-likeness (QED) is 0.833. The van der Waals surface area contributed by atoms with Crippen LogP contribution < -0.4 is 10.0 Å².